The molecule has 0 aliphatic carbocycles. The molecule has 1 saturated heterocycles. The highest BCUT2D eigenvalue weighted by Gasteiger charge is 2.28. The fraction of sp³-hybridized carbons (Fsp3) is 0.588. The third kappa shape index (κ3) is 4.07. The van der Waals surface area contributed by atoms with Crippen molar-refractivity contribution in [1.82, 2.24) is 4.90 Å². The van der Waals surface area contributed by atoms with Crippen molar-refractivity contribution in [2.45, 2.75) is 38.7 Å². The number of hydrogen-bond acceptors (Lipinski definition) is 2. The van der Waals surface area contributed by atoms with E-state index in [1.165, 1.54) is 5.56 Å². The number of amides is 1. The standard InChI is InChI=1S/C17H25NO2/c1-3-16-13-15(10-12-20-16)17(19)18(2)11-9-14-7-5-4-6-8-14/h4-8,15-16H,3,9-13H2,1-2H3/t15-,16+/m0/s1. The number of hydrogen-bond donors (Lipinski definition) is 0. The van der Waals surface area contributed by atoms with Crippen molar-refractivity contribution in [2.75, 3.05) is 20.2 Å². The van der Waals surface area contributed by atoms with Crippen LogP contribution in [0.4, 0.5) is 0 Å². The first-order valence-corrected chi connectivity index (χ1v) is 7.61. The summed E-state index contributed by atoms with van der Waals surface area (Å²) in [6.45, 7) is 3.63. The molecule has 1 amide bonds. The summed E-state index contributed by atoms with van der Waals surface area (Å²) in [6, 6.07) is 10.3. The van der Waals surface area contributed by atoms with E-state index in [-0.39, 0.29) is 17.9 Å². The van der Waals surface area contributed by atoms with Gasteiger partial charge in [-0.3, -0.25) is 4.79 Å². The van der Waals surface area contributed by atoms with E-state index in [4.69, 9.17) is 4.74 Å². The third-order valence-corrected chi connectivity index (χ3v) is 4.13. The number of rotatable bonds is 5. The van der Waals surface area contributed by atoms with Crippen molar-refractivity contribution in [3.63, 3.8) is 0 Å². The van der Waals surface area contributed by atoms with Gasteiger partial charge in [0, 0.05) is 26.1 Å². The molecule has 0 saturated carbocycles. The van der Waals surface area contributed by atoms with Crippen molar-refractivity contribution < 1.29 is 9.53 Å². The van der Waals surface area contributed by atoms with Gasteiger partial charge in [-0.05, 0) is 31.2 Å². The normalized spacial score (nSPS) is 22.5. The van der Waals surface area contributed by atoms with Gasteiger partial charge in [-0.1, -0.05) is 37.3 Å². The maximum Gasteiger partial charge on any atom is 0.225 e. The third-order valence-electron chi connectivity index (χ3n) is 4.13. The van der Waals surface area contributed by atoms with E-state index < -0.39 is 0 Å². The number of benzene rings is 1. The number of likely N-dealkylation sites (N-methyl/N-ethyl adjacent to an activating group) is 1. The molecule has 0 aromatic heterocycles. The lowest BCUT2D eigenvalue weighted by Gasteiger charge is -2.31. The van der Waals surface area contributed by atoms with Crippen LogP contribution in [-0.2, 0) is 16.0 Å². The van der Waals surface area contributed by atoms with Crippen LogP contribution >= 0.6 is 0 Å². The van der Waals surface area contributed by atoms with E-state index in [1.807, 2.05) is 30.1 Å². The lowest BCUT2D eigenvalue weighted by molar-refractivity contribution is -0.139. The monoisotopic (exact) mass is 275 g/mol. The summed E-state index contributed by atoms with van der Waals surface area (Å²) in [6.07, 6.45) is 3.93. The molecule has 1 aromatic rings. The first-order valence-electron chi connectivity index (χ1n) is 7.61. The molecule has 3 nitrogen and oxygen atoms in total. The molecule has 1 aromatic carbocycles. The van der Waals surface area contributed by atoms with Crippen LogP contribution in [0.15, 0.2) is 30.3 Å². The number of carbonyl (C=O) groups is 1. The Balaban J connectivity index is 1.82. The van der Waals surface area contributed by atoms with Crippen molar-refractivity contribution in [1.29, 1.82) is 0 Å². The fourth-order valence-corrected chi connectivity index (χ4v) is 2.75. The minimum absolute atomic E-state index is 0.148. The lowest BCUT2D eigenvalue weighted by Crippen LogP contribution is -2.39. The van der Waals surface area contributed by atoms with Crippen LogP contribution in [0, 0.1) is 5.92 Å². The minimum atomic E-state index is 0.148. The molecule has 0 unspecified atom stereocenters. The van der Waals surface area contributed by atoms with Gasteiger partial charge in [0.25, 0.3) is 0 Å². The molecule has 110 valence electrons. The Kier molecular flexibility index (Phi) is 5.60. The molecule has 1 fully saturated rings. The largest absolute Gasteiger partial charge is 0.378 e. The van der Waals surface area contributed by atoms with Crippen molar-refractivity contribution in [3.05, 3.63) is 35.9 Å². The lowest BCUT2D eigenvalue weighted by atomic mass is 9.93. The summed E-state index contributed by atoms with van der Waals surface area (Å²) in [5.74, 6) is 0.428. The highest BCUT2D eigenvalue weighted by molar-refractivity contribution is 5.78. The van der Waals surface area contributed by atoms with Crippen LogP contribution < -0.4 is 0 Å². The molecular formula is C17H25NO2. The molecule has 0 radical (unpaired) electrons. The van der Waals surface area contributed by atoms with E-state index in [0.717, 1.165) is 38.8 Å². The molecule has 1 heterocycles. The predicted octanol–water partition coefficient (Wildman–Crippen LogP) is 2.89. The first-order chi connectivity index (χ1) is 9.70. The summed E-state index contributed by atoms with van der Waals surface area (Å²) in [7, 11) is 1.92. The zero-order valence-corrected chi connectivity index (χ0v) is 12.5. The Labute approximate surface area is 121 Å². The Morgan fingerprint density at radius 1 is 1.35 bits per heavy atom. The molecule has 0 spiro atoms. The summed E-state index contributed by atoms with van der Waals surface area (Å²) < 4.78 is 5.65. The minimum Gasteiger partial charge on any atom is -0.378 e. The van der Waals surface area contributed by atoms with Gasteiger partial charge in [-0.25, -0.2) is 0 Å². The average Bonchev–Trinajstić information content (AvgIpc) is 2.53. The van der Waals surface area contributed by atoms with E-state index in [1.54, 1.807) is 0 Å². The second-order valence-electron chi connectivity index (χ2n) is 5.62. The van der Waals surface area contributed by atoms with Crippen molar-refractivity contribution in [2.24, 2.45) is 5.92 Å². The molecule has 2 atom stereocenters. The summed E-state index contributed by atoms with van der Waals surface area (Å²) >= 11 is 0. The van der Waals surface area contributed by atoms with E-state index in [0.29, 0.717) is 0 Å². The zero-order valence-electron chi connectivity index (χ0n) is 12.5. The van der Waals surface area contributed by atoms with Gasteiger partial charge in [0.15, 0.2) is 0 Å². The molecule has 20 heavy (non-hydrogen) atoms. The maximum absolute atomic E-state index is 12.5. The van der Waals surface area contributed by atoms with E-state index >= 15 is 0 Å². The van der Waals surface area contributed by atoms with Gasteiger partial charge in [0.1, 0.15) is 0 Å². The van der Waals surface area contributed by atoms with Crippen molar-refractivity contribution >= 4 is 5.91 Å². The fourth-order valence-electron chi connectivity index (χ4n) is 2.75. The van der Waals surface area contributed by atoms with Crippen LogP contribution in [-0.4, -0.2) is 37.1 Å². The quantitative estimate of drug-likeness (QED) is 0.827. The number of carbonyl (C=O) groups excluding carboxylic acids is 1. The summed E-state index contributed by atoms with van der Waals surface area (Å²) in [5, 5.41) is 0. The average molecular weight is 275 g/mol. The summed E-state index contributed by atoms with van der Waals surface area (Å²) in [4.78, 5) is 14.3. The number of ether oxygens (including phenoxy) is 1. The van der Waals surface area contributed by atoms with Gasteiger partial charge in [0.2, 0.25) is 5.91 Å². The van der Waals surface area contributed by atoms with Gasteiger partial charge in [0.05, 0.1) is 6.10 Å². The molecule has 1 aliphatic heterocycles. The van der Waals surface area contributed by atoms with Gasteiger partial charge in [-0.2, -0.15) is 0 Å². The van der Waals surface area contributed by atoms with E-state index in [2.05, 4.69) is 19.1 Å². The first kappa shape index (κ1) is 15.0. The molecule has 0 bridgehead atoms. The van der Waals surface area contributed by atoms with Gasteiger partial charge < -0.3 is 9.64 Å². The number of nitrogens with zero attached hydrogens (tertiary/aromatic N) is 1. The molecule has 0 N–H and O–H groups in total. The highest BCUT2D eigenvalue weighted by Crippen LogP contribution is 2.23. The molecule has 1 aliphatic rings. The zero-order chi connectivity index (χ0) is 14.4. The van der Waals surface area contributed by atoms with Gasteiger partial charge >= 0.3 is 0 Å². The van der Waals surface area contributed by atoms with Gasteiger partial charge in [-0.15, -0.1) is 0 Å². The smallest absolute Gasteiger partial charge is 0.225 e. The van der Waals surface area contributed by atoms with Crippen LogP contribution in [0.25, 0.3) is 0 Å². The van der Waals surface area contributed by atoms with Crippen LogP contribution in [0.3, 0.4) is 0 Å². The summed E-state index contributed by atoms with van der Waals surface area (Å²) in [5.41, 5.74) is 1.28. The maximum atomic E-state index is 12.5. The predicted molar refractivity (Wildman–Crippen MR) is 80.5 cm³/mol. The second-order valence-corrected chi connectivity index (χ2v) is 5.62. The Bertz CT molecular complexity index is 418. The second kappa shape index (κ2) is 7.44. The van der Waals surface area contributed by atoms with Crippen molar-refractivity contribution in [3.8, 4) is 0 Å². The van der Waals surface area contributed by atoms with E-state index in [9.17, 15) is 4.79 Å². The molecule has 3 heteroatoms. The Morgan fingerprint density at radius 2 is 2.10 bits per heavy atom. The molecular weight excluding hydrogens is 250 g/mol. The highest BCUT2D eigenvalue weighted by atomic mass is 16.5. The SMILES string of the molecule is CC[C@@H]1C[C@@H](C(=O)N(C)CCc2ccccc2)CCO1. The molecule has 2 rings (SSSR count). The van der Waals surface area contributed by atoms with Crippen LogP contribution in [0.5, 0.6) is 0 Å². The Morgan fingerprint density at radius 3 is 2.80 bits per heavy atom. The Hall–Kier alpha value is -1.35. The van der Waals surface area contributed by atoms with Crippen LogP contribution in [0.1, 0.15) is 31.7 Å². The topological polar surface area (TPSA) is 29.5 Å². The van der Waals surface area contributed by atoms with Crippen LogP contribution in [0.2, 0.25) is 0 Å².